The molecule has 0 atom stereocenters. The van der Waals surface area contributed by atoms with Crippen LogP contribution in [0.3, 0.4) is 0 Å². The molecule has 0 aliphatic carbocycles. The zero-order valence-corrected chi connectivity index (χ0v) is 14.6. The van der Waals surface area contributed by atoms with Gasteiger partial charge < -0.3 is 10.1 Å². The number of nitrogens with zero attached hydrogens (tertiary/aromatic N) is 1. The Kier molecular flexibility index (Phi) is 7.81. The van der Waals surface area contributed by atoms with Crippen LogP contribution in [0.5, 0.6) is 0 Å². The summed E-state index contributed by atoms with van der Waals surface area (Å²) >= 11 is 0. The number of carbonyl (C=O) groups is 1. The third-order valence-corrected chi connectivity index (χ3v) is 4.64. The summed E-state index contributed by atoms with van der Waals surface area (Å²) in [5, 5.41) is 2.89. The fourth-order valence-corrected chi connectivity index (χ4v) is 3.11. The molecule has 1 aromatic carbocycles. The average Bonchev–Trinajstić information content (AvgIpc) is 2.62. The van der Waals surface area contributed by atoms with Crippen LogP contribution in [0.25, 0.3) is 0 Å². The van der Waals surface area contributed by atoms with E-state index in [1.165, 1.54) is 18.4 Å². The van der Waals surface area contributed by atoms with Gasteiger partial charge in [-0.3, -0.25) is 9.69 Å². The zero-order chi connectivity index (χ0) is 17.2. The molecule has 0 aromatic heterocycles. The Morgan fingerprint density at radius 3 is 2.67 bits per heavy atom. The first-order valence-corrected chi connectivity index (χ1v) is 8.75. The molecular weight excluding hydrogens is 300 g/mol. The third-order valence-electron chi connectivity index (χ3n) is 4.64. The van der Waals surface area contributed by atoms with Crippen molar-refractivity contribution in [1.82, 2.24) is 10.2 Å². The van der Waals surface area contributed by atoms with E-state index in [1.54, 1.807) is 7.11 Å². The van der Waals surface area contributed by atoms with Crippen molar-refractivity contribution >= 4 is 5.91 Å². The van der Waals surface area contributed by atoms with Crippen LogP contribution >= 0.6 is 0 Å². The van der Waals surface area contributed by atoms with E-state index >= 15 is 0 Å². The van der Waals surface area contributed by atoms with Gasteiger partial charge in [0.25, 0.3) is 0 Å². The molecule has 0 bridgehead atoms. The first-order valence-electron chi connectivity index (χ1n) is 8.75. The summed E-state index contributed by atoms with van der Waals surface area (Å²) in [6, 6.07) is 8.24. The van der Waals surface area contributed by atoms with E-state index in [9.17, 15) is 4.79 Å². The highest BCUT2D eigenvalue weighted by atomic mass is 16.5. The van der Waals surface area contributed by atoms with Gasteiger partial charge in [0.15, 0.2) is 0 Å². The largest absolute Gasteiger partial charge is 0.383 e. The number of rotatable bonds is 8. The Bertz CT molecular complexity index is 540. The van der Waals surface area contributed by atoms with Crippen LogP contribution < -0.4 is 5.32 Å². The fourth-order valence-electron chi connectivity index (χ4n) is 3.11. The molecule has 1 aromatic rings. The number of likely N-dealkylation sites (tertiary alicyclic amines) is 1. The molecule has 1 heterocycles. The van der Waals surface area contributed by atoms with Crippen LogP contribution in [0.4, 0.5) is 0 Å². The third kappa shape index (κ3) is 6.35. The SMILES string of the molecule is C#Cc1ccc(CN2CCC(CCC(=O)NCCOC)CC2)cc1. The normalized spacial score (nSPS) is 15.8. The molecule has 0 unspecified atom stereocenters. The van der Waals surface area contributed by atoms with E-state index < -0.39 is 0 Å². The standard InChI is InChI=1S/C20H28N2O2/c1-3-17-4-6-19(7-5-17)16-22-13-10-18(11-14-22)8-9-20(23)21-12-15-24-2/h1,4-7,18H,8-16H2,2H3,(H,21,23). The van der Waals surface area contributed by atoms with Crippen LogP contribution in [0.2, 0.25) is 0 Å². The highest BCUT2D eigenvalue weighted by molar-refractivity contribution is 5.75. The monoisotopic (exact) mass is 328 g/mol. The van der Waals surface area contributed by atoms with Gasteiger partial charge >= 0.3 is 0 Å². The number of methoxy groups -OCH3 is 1. The van der Waals surface area contributed by atoms with Crippen LogP contribution in [0, 0.1) is 18.3 Å². The van der Waals surface area contributed by atoms with Crippen molar-refractivity contribution in [3.8, 4) is 12.3 Å². The van der Waals surface area contributed by atoms with Gasteiger partial charge in [0.1, 0.15) is 0 Å². The summed E-state index contributed by atoms with van der Waals surface area (Å²) in [7, 11) is 1.64. The summed E-state index contributed by atoms with van der Waals surface area (Å²) in [5.41, 5.74) is 2.24. The van der Waals surface area contributed by atoms with Gasteiger partial charge in [-0.05, 0) is 56.0 Å². The molecule has 4 heteroatoms. The van der Waals surface area contributed by atoms with Crippen molar-refractivity contribution in [1.29, 1.82) is 0 Å². The number of hydrogen-bond acceptors (Lipinski definition) is 3. The van der Waals surface area contributed by atoms with Gasteiger partial charge in [0, 0.05) is 32.2 Å². The molecule has 24 heavy (non-hydrogen) atoms. The second kappa shape index (κ2) is 10.1. The Morgan fingerprint density at radius 1 is 1.33 bits per heavy atom. The second-order valence-electron chi connectivity index (χ2n) is 6.44. The maximum Gasteiger partial charge on any atom is 0.220 e. The molecule has 0 spiro atoms. The van der Waals surface area contributed by atoms with Gasteiger partial charge in [0.2, 0.25) is 5.91 Å². The Morgan fingerprint density at radius 2 is 2.04 bits per heavy atom. The Balaban J connectivity index is 1.64. The number of hydrogen-bond donors (Lipinski definition) is 1. The lowest BCUT2D eigenvalue weighted by molar-refractivity contribution is -0.121. The van der Waals surface area contributed by atoms with Crippen LogP contribution in [-0.4, -0.2) is 44.2 Å². The van der Waals surface area contributed by atoms with E-state index in [0.717, 1.165) is 31.6 Å². The number of nitrogens with one attached hydrogen (secondary N) is 1. The van der Waals surface area contributed by atoms with Crippen molar-refractivity contribution in [2.24, 2.45) is 5.92 Å². The van der Waals surface area contributed by atoms with Gasteiger partial charge in [-0.2, -0.15) is 0 Å². The topological polar surface area (TPSA) is 41.6 Å². The minimum atomic E-state index is 0.142. The summed E-state index contributed by atoms with van der Waals surface area (Å²) in [6.45, 7) is 4.37. The highest BCUT2D eigenvalue weighted by Crippen LogP contribution is 2.23. The lowest BCUT2D eigenvalue weighted by atomic mass is 9.92. The van der Waals surface area contributed by atoms with Crippen LogP contribution in [0.1, 0.15) is 36.8 Å². The molecule has 4 nitrogen and oxygen atoms in total. The minimum Gasteiger partial charge on any atom is -0.383 e. The van der Waals surface area contributed by atoms with Crippen LogP contribution in [0.15, 0.2) is 24.3 Å². The fraction of sp³-hybridized carbons (Fsp3) is 0.550. The van der Waals surface area contributed by atoms with Gasteiger partial charge in [0.05, 0.1) is 6.61 Å². The van der Waals surface area contributed by atoms with Crippen molar-refractivity contribution < 1.29 is 9.53 Å². The molecule has 0 radical (unpaired) electrons. The highest BCUT2D eigenvalue weighted by Gasteiger charge is 2.19. The molecule has 1 fully saturated rings. The molecular formula is C20H28N2O2. The molecule has 1 aliphatic heterocycles. The van der Waals surface area contributed by atoms with E-state index in [0.29, 0.717) is 25.5 Å². The van der Waals surface area contributed by atoms with Gasteiger partial charge in [-0.1, -0.05) is 18.1 Å². The quantitative estimate of drug-likeness (QED) is 0.589. The van der Waals surface area contributed by atoms with E-state index in [4.69, 9.17) is 11.2 Å². The predicted octanol–water partition coefficient (Wildman–Crippen LogP) is 2.42. The summed E-state index contributed by atoms with van der Waals surface area (Å²) < 4.78 is 4.93. The first kappa shape index (κ1) is 18.5. The molecule has 0 saturated carbocycles. The predicted molar refractivity (Wildman–Crippen MR) is 96.5 cm³/mol. The number of ether oxygens (including phenoxy) is 1. The summed E-state index contributed by atoms with van der Waals surface area (Å²) in [4.78, 5) is 14.2. The minimum absolute atomic E-state index is 0.142. The molecule has 1 aliphatic rings. The lowest BCUT2D eigenvalue weighted by Gasteiger charge is -2.32. The number of piperidine rings is 1. The van der Waals surface area contributed by atoms with E-state index in [-0.39, 0.29) is 5.91 Å². The first-order chi connectivity index (χ1) is 11.7. The smallest absolute Gasteiger partial charge is 0.220 e. The Hall–Kier alpha value is -1.83. The molecule has 1 N–H and O–H groups in total. The van der Waals surface area contributed by atoms with Crippen molar-refractivity contribution in [3.63, 3.8) is 0 Å². The van der Waals surface area contributed by atoms with E-state index in [2.05, 4.69) is 28.3 Å². The van der Waals surface area contributed by atoms with Crippen molar-refractivity contribution in [2.45, 2.75) is 32.2 Å². The average molecular weight is 328 g/mol. The van der Waals surface area contributed by atoms with Crippen molar-refractivity contribution in [2.75, 3.05) is 33.4 Å². The maximum absolute atomic E-state index is 11.7. The maximum atomic E-state index is 11.7. The molecule has 130 valence electrons. The van der Waals surface area contributed by atoms with E-state index in [1.807, 2.05) is 12.1 Å². The number of terminal acetylenes is 1. The van der Waals surface area contributed by atoms with Crippen LogP contribution in [-0.2, 0) is 16.1 Å². The van der Waals surface area contributed by atoms with Crippen molar-refractivity contribution in [3.05, 3.63) is 35.4 Å². The number of carbonyl (C=O) groups excluding carboxylic acids is 1. The Labute approximate surface area is 145 Å². The molecule has 1 amide bonds. The summed E-state index contributed by atoms with van der Waals surface area (Å²) in [5.74, 6) is 3.46. The number of benzene rings is 1. The number of amides is 1. The molecule has 1 saturated heterocycles. The molecule has 2 rings (SSSR count). The second-order valence-corrected chi connectivity index (χ2v) is 6.44. The lowest BCUT2D eigenvalue weighted by Crippen LogP contribution is -2.34. The van der Waals surface area contributed by atoms with Gasteiger partial charge in [-0.15, -0.1) is 6.42 Å². The van der Waals surface area contributed by atoms with Gasteiger partial charge in [-0.25, -0.2) is 0 Å². The zero-order valence-electron chi connectivity index (χ0n) is 14.6. The summed E-state index contributed by atoms with van der Waals surface area (Å²) in [6.07, 6.45) is 9.35.